The fourth-order valence-corrected chi connectivity index (χ4v) is 5.25. The molecular weight excluding hydrogens is 325 g/mol. The SMILES string of the molecule is CC(C)C(CNS(=O)(=O)c1cc(Cl)sc1Cl)C(C)C. The van der Waals surface area contributed by atoms with Gasteiger partial charge < -0.3 is 0 Å². The van der Waals surface area contributed by atoms with Crippen LogP contribution in [0.2, 0.25) is 8.67 Å². The molecule has 3 nitrogen and oxygen atoms in total. The summed E-state index contributed by atoms with van der Waals surface area (Å²) < 4.78 is 27.5. The molecule has 1 aromatic heterocycles. The van der Waals surface area contributed by atoms with Crippen LogP contribution in [0.25, 0.3) is 0 Å². The average Bonchev–Trinajstić information content (AvgIpc) is 2.57. The van der Waals surface area contributed by atoms with Crippen LogP contribution in [-0.2, 0) is 10.0 Å². The molecule has 0 amide bonds. The molecule has 0 aromatic carbocycles. The highest BCUT2D eigenvalue weighted by Gasteiger charge is 2.24. The molecule has 0 aliphatic carbocycles. The Hall–Kier alpha value is 0.190. The lowest BCUT2D eigenvalue weighted by Gasteiger charge is -2.24. The van der Waals surface area contributed by atoms with Crippen molar-refractivity contribution in [3.63, 3.8) is 0 Å². The van der Waals surface area contributed by atoms with Crippen LogP contribution in [0.3, 0.4) is 0 Å². The number of rotatable bonds is 6. The second kappa shape index (κ2) is 6.76. The fourth-order valence-electron chi connectivity index (χ4n) is 2.03. The van der Waals surface area contributed by atoms with E-state index in [0.29, 0.717) is 22.7 Å². The zero-order valence-corrected chi connectivity index (χ0v) is 14.6. The Bertz CT molecular complexity index is 516. The van der Waals surface area contributed by atoms with Gasteiger partial charge in [-0.25, -0.2) is 13.1 Å². The summed E-state index contributed by atoms with van der Waals surface area (Å²) in [6, 6.07) is 1.39. The van der Waals surface area contributed by atoms with Crippen LogP contribution in [0.1, 0.15) is 27.7 Å². The number of hydrogen-bond donors (Lipinski definition) is 1. The summed E-state index contributed by atoms with van der Waals surface area (Å²) in [5.74, 6) is 1.09. The molecule has 0 radical (unpaired) electrons. The van der Waals surface area contributed by atoms with Crippen molar-refractivity contribution >= 4 is 44.6 Å². The maximum atomic E-state index is 12.2. The Balaban J connectivity index is 2.84. The van der Waals surface area contributed by atoms with Crippen molar-refractivity contribution in [1.82, 2.24) is 4.72 Å². The zero-order chi connectivity index (χ0) is 14.8. The van der Waals surface area contributed by atoms with Gasteiger partial charge in [0.2, 0.25) is 10.0 Å². The topological polar surface area (TPSA) is 46.2 Å². The first-order chi connectivity index (χ1) is 8.65. The van der Waals surface area contributed by atoms with Gasteiger partial charge in [0, 0.05) is 6.54 Å². The largest absolute Gasteiger partial charge is 0.242 e. The second-order valence-electron chi connectivity index (χ2n) is 5.19. The van der Waals surface area contributed by atoms with E-state index in [1.165, 1.54) is 6.07 Å². The molecule has 110 valence electrons. The number of nitrogens with one attached hydrogen (secondary N) is 1. The molecule has 7 heteroatoms. The highest BCUT2D eigenvalue weighted by Crippen LogP contribution is 2.34. The van der Waals surface area contributed by atoms with Crippen molar-refractivity contribution < 1.29 is 8.42 Å². The predicted molar refractivity (Wildman–Crippen MR) is 82.7 cm³/mol. The maximum absolute atomic E-state index is 12.2. The minimum atomic E-state index is -3.59. The third kappa shape index (κ3) is 4.60. The summed E-state index contributed by atoms with van der Waals surface area (Å²) >= 11 is 12.7. The molecule has 0 unspecified atom stereocenters. The van der Waals surface area contributed by atoms with E-state index in [1.54, 1.807) is 0 Å². The minimum Gasteiger partial charge on any atom is -0.211 e. The third-order valence-electron chi connectivity index (χ3n) is 3.14. The first kappa shape index (κ1) is 17.2. The van der Waals surface area contributed by atoms with Gasteiger partial charge in [-0.3, -0.25) is 0 Å². The highest BCUT2D eigenvalue weighted by atomic mass is 35.5. The van der Waals surface area contributed by atoms with Crippen LogP contribution >= 0.6 is 34.5 Å². The van der Waals surface area contributed by atoms with Crippen molar-refractivity contribution in [2.75, 3.05) is 6.54 Å². The lowest BCUT2D eigenvalue weighted by Crippen LogP contribution is -2.33. The molecule has 0 saturated carbocycles. The lowest BCUT2D eigenvalue weighted by atomic mass is 9.86. The zero-order valence-electron chi connectivity index (χ0n) is 11.4. The van der Waals surface area contributed by atoms with Crippen molar-refractivity contribution in [2.45, 2.75) is 32.6 Å². The Morgan fingerprint density at radius 1 is 1.21 bits per heavy atom. The van der Waals surface area contributed by atoms with E-state index >= 15 is 0 Å². The summed E-state index contributed by atoms with van der Waals surface area (Å²) in [7, 11) is -3.59. The normalized spacial score (nSPS) is 12.9. The molecule has 1 heterocycles. The van der Waals surface area contributed by atoms with Gasteiger partial charge in [0.15, 0.2) is 0 Å². The minimum absolute atomic E-state index is 0.0652. The van der Waals surface area contributed by atoms with E-state index in [0.717, 1.165) is 11.3 Å². The average molecular weight is 344 g/mol. The van der Waals surface area contributed by atoms with Gasteiger partial charge in [0.05, 0.1) is 4.34 Å². The molecule has 0 spiro atoms. The second-order valence-corrected chi connectivity index (χ2v) is 9.21. The van der Waals surface area contributed by atoms with Crippen molar-refractivity contribution in [3.05, 3.63) is 14.7 Å². The number of sulfonamides is 1. The molecule has 0 aliphatic rings. The van der Waals surface area contributed by atoms with E-state index in [1.807, 2.05) is 0 Å². The van der Waals surface area contributed by atoms with Gasteiger partial charge in [-0.1, -0.05) is 50.9 Å². The van der Waals surface area contributed by atoms with Crippen LogP contribution in [0, 0.1) is 17.8 Å². The van der Waals surface area contributed by atoms with Gasteiger partial charge in [-0.2, -0.15) is 0 Å². The highest BCUT2D eigenvalue weighted by molar-refractivity contribution is 7.89. The Labute approximate surface area is 129 Å². The molecule has 0 aliphatic heterocycles. The van der Waals surface area contributed by atoms with Crippen LogP contribution < -0.4 is 4.72 Å². The maximum Gasteiger partial charge on any atom is 0.242 e. The molecule has 0 saturated heterocycles. The fraction of sp³-hybridized carbons (Fsp3) is 0.667. The monoisotopic (exact) mass is 343 g/mol. The van der Waals surface area contributed by atoms with E-state index in [-0.39, 0.29) is 15.1 Å². The van der Waals surface area contributed by atoms with Crippen molar-refractivity contribution in [3.8, 4) is 0 Å². The Kier molecular flexibility index (Phi) is 6.14. The Morgan fingerprint density at radius 3 is 2.11 bits per heavy atom. The van der Waals surface area contributed by atoms with E-state index < -0.39 is 10.0 Å². The van der Waals surface area contributed by atoms with Crippen LogP contribution in [-0.4, -0.2) is 15.0 Å². The standard InChI is InChI=1S/C12H19Cl2NO2S2/c1-7(2)9(8(3)4)6-15-19(16,17)10-5-11(13)18-12(10)14/h5,7-9,15H,6H2,1-4H3. The molecule has 0 fully saturated rings. The van der Waals surface area contributed by atoms with Gasteiger partial charge in [-0.15, -0.1) is 11.3 Å². The summed E-state index contributed by atoms with van der Waals surface area (Å²) in [6.45, 7) is 8.77. The molecule has 0 bridgehead atoms. The van der Waals surface area contributed by atoms with Crippen molar-refractivity contribution in [1.29, 1.82) is 0 Å². The van der Waals surface area contributed by atoms with E-state index in [4.69, 9.17) is 23.2 Å². The molecule has 1 aromatic rings. The third-order valence-corrected chi connectivity index (χ3v) is 6.31. The van der Waals surface area contributed by atoms with Gasteiger partial charge in [0.25, 0.3) is 0 Å². The summed E-state index contributed by atoms with van der Waals surface area (Å²) in [5.41, 5.74) is 0. The van der Waals surface area contributed by atoms with Crippen LogP contribution in [0.4, 0.5) is 0 Å². The smallest absolute Gasteiger partial charge is 0.211 e. The summed E-state index contributed by atoms with van der Waals surface area (Å²) in [4.78, 5) is 0.0652. The van der Waals surface area contributed by atoms with Gasteiger partial charge in [-0.05, 0) is 23.8 Å². The molecule has 19 heavy (non-hydrogen) atoms. The Morgan fingerprint density at radius 2 is 1.74 bits per heavy atom. The van der Waals surface area contributed by atoms with Crippen molar-refractivity contribution in [2.24, 2.45) is 17.8 Å². The van der Waals surface area contributed by atoms with Gasteiger partial charge in [0.1, 0.15) is 9.23 Å². The molecular formula is C12H19Cl2NO2S2. The van der Waals surface area contributed by atoms with Gasteiger partial charge >= 0.3 is 0 Å². The predicted octanol–water partition coefficient (Wildman–Crippen LogP) is 4.26. The molecule has 0 atom stereocenters. The molecule has 1 rings (SSSR count). The first-order valence-corrected chi connectivity index (χ1v) is 9.15. The van der Waals surface area contributed by atoms with E-state index in [9.17, 15) is 8.42 Å². The summed E-state index contributed by atoms with van der Waals surface area (Å²) in [6.07, 6.45) is 0. The quantitative estimate of drug-likeness (QED) is 0.838. The molecule has 1 N–H and O–H groups in total. The lowest BCUT2D eigenvalue weighted by molar-refractivity contribution is 0.289. The van der Waals surface area contributed by atoms with E-state index in [2.05, 4.69) is 32.4 Å². The van der Waals surface area contributed by atoms with Crippen LogP contribution in [0.15, 0.2) is 11.0 Å². The number of halogens is 2. The first-order valence-electron chi connectivity index (χ1n) is 6.09. The summed E-state index contributed by atoms with van der Waals surface area (Å²) in [5, 5.41) is 0. The van der Waals surface area contributed by atoms with Crippen LogP contribution in [0.5, 0.6) is 0 Å². The number of hydrogen-bond acceptors (Lipinski definition) is 3. The number of thiophene rings is 1.